The average Bonchev–Trinajstić information content (AvgIpc) is 2.79. The molecule has 0 radical (unpaired) electrons. The summed E-state index contributed by atoms with van der Waals surface area (Å²) in [6.07, 6.45) is 1.60. The first-order valence-corrected chi connectivity index (χ1v) is 10.9. The van der Waals surface area contributed by atoms with Crippen molar-refractivity contribution in [3.05, 3.63) is 64.7 Å². The van der Waals surface area contributed by atoms with Crippen LogP contribution in [0.5, 0.6) is 5.75 Å². The van der Waals surface area contributed by atoms with Crippen LogP contribution in [0, 0.1) is 5.92 Å². The lowest BCUT2D eigenvalue weighted by molar-refractivity contribution is -0.126. The van der Waals surface area contributed by atoms with Gasteiger partial charge in [-0.2, -0.15) is 0 Å². The van der Waals surface area contributed by atoms with E-state index in [0.717, 1.165) is 24.2 Å². The van der Waals surface area contributed by atoms with Crippen molar-refractivity contribution in [2.24, 2.45) is 5.92 Å². The Kier molecular flexibility index (Phi) is 7.93. The largest absolute Gasteiger partial charge is 0.497 e. The van der Waals surface area contributed by atoms with E-state index in [-0.39, 0.29) is 23.8 Å². The molecule has 1 aliphatic rings. The van der Waals surface area contributed by atoms with E-state index < -0.39 is 0 Å². The van der Waals surface area contributed by atoms with Crippen LogP contribution in [0.4, 0.5) is 0 Å². The second kappa shape index (κ2) is 10.6. The molecular formula is C24H30ClN3O3. The molecule has 2 aromatic carbocycles. The lowest BCUT2D eigenvalue weighted by Crippen LogP contribution is -2.46. The van der Waals surface area contributed by atoms with Crippen LogP contribution in [-0.2, 0) is 4.79 Å². The van der Waals surface area contributed by atoms with Gasteiger partial charge >= 0.3 is 0 Å². The molecule has 6 nitrogen and oxygen atoms in total. The van der Waals surface area contributed by atoms with Gasteiger partial charge < -0.3 is 19.9 Å². The van der Waals surface area contributed by atoms with Crippen molar-refractivity contribution >= 4 is 23.4 Å². The van der Waals surface area contributed by atoms with Crippen LogP contribution in [0.3, 0.4) is 0 Å². The Hall–Kier alpha value is -2.57. The van der Waals surface area contributed by atoms with Crippen molar-refractivity contribution in [3.8, 4) is 5.75 Å². The number of nitrogens with one attached hydrogen (secondary N) is 1. The molecule has 1 aliphatic heterocycles. The molecule has 166 valence electrons. The highest BCUT2D eigenvalue weighted by molar-refractivity contribution is 6.30. The summed E-state index contributed by atoms with van der Waals surface area (Å²) in [4.78, 5) is 29.6. The maximum atomic E-state index is 12.9. The van der Waals surface area contributed by atoms with Crippen LogP contribution >= 0.6 is 11.6 Å². The molecule has 1 saturated heterocycles. The van der Waals surface area contributed by atoms with Crippen molar-refractivity contribution in [2.75, 3.05) is 40.8 Å². The topological polar surface area (TPSA) is 61.9 Å². The van der Waals surface area contributed by atoms with Gasteiger partial charge in [-0.25, -0.2) is 0 Å². The summed E-state index contributed by atoms with van der Waals surface area (Å²) in [6, 6.07) is 14.8. The maximum absolute atomic E-state index is 12.9. The molecule has 2 aromatic rings. The fourth-order valence-electron chi connectivity index (χ4n) is 3.92. The fourth-order valence-corrected chi connectivity index (χ4v) is 4.04. The monoisotopic (exact) mass is 443 g/mol. The van der Waals surface area contributed by atoms with E-state index in [1.54, 1.807) is 36.3 Å². The summed E-state index contributed by atoms with van der Waals surface area (Å²) >= 11 is 5.92. The Morgan fingerprint density at radius 2 is 1.84 bits per heavy atom. The van der Waals surface area contributed by atoms with E-state index in [4.69, 9.17) is 16.3 Å². The molecule has 3 rings (SSSR count). The standard InChI is InChI=1S/C24H30ClN3O3/c1-27(2)22(17-8-12-21(31-3)13-9-17)15-26-23(29)19-5-4-14-28(16-19)24(30)18-6-10-20(25)11-7-18/h6-13,19,22H,4-5,14-16H2,1-3H3,(H,26,29). The smallest absolute Gasteiger partial charge is 0.253 e. The van der Waals surface area contributed by atoms with Gasteiger partial charge in [0, 0.05) is 30.2 Å². The number of likely N-dealkylation sites (N-methyl/N-ethyl adjacent to an activating group) is 1. The molecule has 2 unspecified atom stereocenters. The van der Waals surface area contributed by atoms with Crippen molar-refractivity contribution < 1.29 is 14.3 Å². The first kappa shape index (κ1) is 23.1. The van der Waals surface area contributed by atoms with Crippen LogP contribution in [-0.4, -0.2) is 62.5 Å². The number of piperidine rings is 1. The number of methoxy groups -OCH3 is 1. The van der Waals surface area contributed by atoms with Crippen molar-refractivity contribution in [3.63, 3.8) is 0 Å². The summed E-state index contributed by atoms with van der Waals surface area (Å²) in [6.45, 7) is 1.60. The molecule has 2 atom stereocenters. The number of rotatable bonds is 7. The zero-order valence-corrected chi connectivity index (χ0v) is 19.1. The number of carbonyl (C=O) groups is 2. The van der Waals surface area contributed by atoms with Crippen LogP contribution in [0.2, 0.25) is 5.02 Å². The molecule has 31 heavy (non-hydrogen) atoms. The Morgan fingerprint density at radius 1 is 1.16 bits per heavy atom. The molecule has 0 bridgehead atoms. The highest BCUT2D eigenvalue weighted by Gasteiger charge is 2.29. The molecule has 0 aliphatic carbocycles. The van der Waals surface area contributed by atoms with Gasteiger partial charge in [0.25, 0.3) is 5.91 Å². The van der Waals surface area contributed by atoms with Gasteiger partial charge in [-0.3, -0.25) is 9.59 Å². The molecule has 0 saturated carbocycles. The minimum atomic E-state index is -0.205. The third-order valence-electron chi connectivity index (χ3n) is 5.76. The molecule has 1 N–H and O–H groups in total. The van der Waals surface area contributed by atoms with E-state index in [0.29, 0.717) is 30.2 Å². The summed E-state index contributed by atoms with van der Waals surface area (Å²) in [5, 5.41) is 3.70. The number of nitrogens with zero attached hydrogens (tertiary/aromatic N) is 2. The number of halogens is 1. The first-order valence-electron chi connectivity index (χ1n) is 10.5. The molecule has 7 heteroatoms. The first-order chi connectivity index (χ1) is 14.9. The summed E-state index contributed by atoms with van der Waals surface area (Å²) in [7, 11) is 5.63. The second-order valence-electron chi connectivity index (χ2n) is 8.09. The predicted molar refractivity (Wildman–Crippen MR) is 123 cm³/mol. The molecule has 0 aromatic heterocycles. The number of hydrogen-bond acceptors (Lipinski definition) is 4. The summed E-state index contributed by atoms with van der Waals surface area (Å²) < 4.78 is 5.23. The average molecular weight is 444 g/mol. The number of benzene rings is 2. The molecular weight excluding hydrogens is 414 g/mol. The van der Waals surface area contributed by atoms with Gasteiger partial charge in [-0.05, 0) is 68.9 Å². The predicted octanol–water partition coefficient (Wildman–Crippen LogP) is 3.62. The van der Waals surface area contributed by atoms with E-state index in [1.807, 2.05) is 38.4 Å². The van der Waals surface area contributed by atoms with Crippen molar-refractivity contribution in [1.82, 2.24) is 15.1 Å². The maximum Gasteiger partial charge on any atom is 0.253 e. The lowest BCUT2D eigenvalue weighted by atomic mass is 9.96. The number of hydrogen-bond donors (Lipinski definition) is 1. The normalized spacial score (nSPS) is 17.3. The molecule has 0 spiro atoms. The summed E-state index contributed by atoms with van der Waals surface area (Å²) in [5.41, 5.74) is 1.70. The Morgan fingerprint density at radius 3 is 2.45 bits per heavy atom. The van der Waals surface area contributed by atoms with E-state index in [9.17, 15) is 9.59 Å². The van der Waals surface area contributed by atoms with Crippen LogP contribution in [0.1, 0.15) is 34.8 Å². The second-order valence-corrected chi connectivity index (χ2v) is 8.53. The van der Waals surface area contributed by atoms with E-state index in [2.05, 4.69) is 10.2 Å². The highest BCUT2D eigenvalue weighted by Crippen LogP contribution is 2.23. The lowest BCUT2D eigenvalue weighted by Gasteiger charge is -2.33. The quantitative estimate of drug-likeness (QED) is 0.710. The van der Waals surface area contributed by atoms with Gasteiger partial charge in [-0.1, -0.05) is 23.7 Å². The number of carbonyl (C=O) groups excluding carboxylic acids is 2. The van der Waals surface area contributed by atoms with Gasteiger partial charge in [0.05, 0.1) is 19.1 Å². The molecule has 2 amide bonds. The Balaban J connectivity index is 1.59. The third-order valence-corrected chi connectivity index (χ3v) is 6.02. The van der Waals surface area contributed by atoms with Crippen molar-refractivity contribution in [2.45, 2.75) is 18.9 Å². The van der Waals surface area contributed by atoms with Gasteiger partial charge in [0.15, 0.2) is 0 Å². The fraction of sp³-hybridized carbons (Fsp3) is 0.417. The Labute approximate surface area is 189 Å². The van der Waals surface area contributed by atoms with Crippen LogP contribution in [0.25, 0.3) is 0 Å². The third kappa shape index (κ3) is 5.99. The highest BCUT2D eigenvalue weighted by atomic mass is 35.5. The zero-order valence-electron chi connectivity index (χ0n) is 18.3. The number of amides is 2. The van der Waals surface area contributed by atoms with Crippen LogP contribution in [0.15, 0.2) is 48.5 Å². The van der Waals surface area contributed by atoms with Gasteiger partial charge in [0.2, 0.25) is 5.91 Å². The van der Waals surface area contributed by atoms with E-state index in [1.165, 1.54) is 0 Å². The van der Waals surface area contributed by atoms with Gasteiger partial charge in [-0.15, -0.1) is 0 Å². The summed E-state index contributed by atoms with van der Waals surface area (Å²) in [5.74, 6) is 0.536. The SMILES string of the molecule is COc1ccc(C(CNC(=O)C2CCCN(C(=O)c3ccc(Cl)cc3)C2)N(C)C)cc1. The van der Waals surface area contributed by atoms with E-state index >= 15 is 0 Å². The minimum absolute atomic E-state index is 0.00559. The Bertz CT molecular complexity index is 884. The zero-order chi connectivity index (χ0) is 22.4. The van der Waals surface area contributed by atoms with Crippen LogP contribution < -0.4 is 10.1 Å². The molecule has 1 fully saturated rings. The minimum Gasteiger partial charge on any atom is -0.497 e. The number of ether oxygens (including phenoxy) is 1. The van der Waals surface area contributed by atoms with Gasteiger partial charge in [0.1, 0.15) is 5.75 Å². The molecule has 1 heterocycles. The van der Waals surface area contributed by atoms with Crippen molar-refractivity contribution in [1.29, 1.82) is 0 Å². The number of likely N-dealkylation sites (tertiary alicyclic amines) is 1.